The van der Waals surface area contributed by atoms with Gasteiger partial charge in [-0.25, -0.2) is 0 Å². The molecule has 1 amide bonds. The van der Waals surface area contributed by atoms with Gasteiger partial charge in [-0.1, -0.05) is 18.9 Å². The number of carbonyl (C=O) groups is 1. The number of nitrogens with one attached hydrogen (secondary N) is 1. The molecule has 1 aliphatic heterocycles. The van der Waals surface area contributed by atoms with Crippen molar-refractivity contribution in [2.24, 2.45) is 0 Å². The fourth-order valence-electron chi connectivity index (χ4n) is 2.71. The van der Waals surface area contributed by atoms with Crippen LogP contribution in [-0.2, 0) is 4.79 Å². The van der Waals surface area contributed by atoms with Gasteiger partial charge >= 0.3 is 0 Å². The Labute approximate surface area is 123 Å². The van der Waals surface area contributed by atoms with E-state index in [0.717, 1.165) is 37.0 Å². The van der Waals surface area contributed by atoms with E-state index in [-0.39, 0.29) is 12.7 Å². The lowest BCUT2D eigenvalue weighted by molar-refractivity contribution is -0.117. The molecular formula is C16H19NO4. The van der Waals surface area contributed by atoms with Gasteiger partial charge in [0, 0.05) is 12.6 Å². The zero-order chi connectivity index (χ0) is 14.7. The third-order valence-electron chi connectivity index (χ3n) is 3.95. The quantitative estimate of drug-likeness (QED) is 0.830. The number of amides is 1. The molecule has 5 heteroatoms. The van der Waals surface area contributed by atoms with Crippen LogP contribution in [0.3, 0.4) is 0 Å². The van der Waals surface area contributed by atoms with Crippen LogP contribution >= 0.6 is 0 Å². The number of fused-ring (bicyclic) bond motifs is 1. The van der Waals surface area contributed by atoms with E-state index in [9.17, 15) is 9.90 Å². The average Bonchev–Trinajstić information content (AvgIpc) is 3.11. The van der Waals surface area contributed by atoms with E-state index in [1.54, 1.807) is 6.08 Å². The van der Waals surface area contributed by atoms with Crippen LogP contribution in [0.2, 0.25) is 0 Å². The van der Waals surface area contributed by atoms with Gasteiger partial charge in [-0.15, -0.1) is 0 Å². The molecule has 1 heterocycles. The summed E-state index contributed by atoms with van der Waals surface area (Å²) < 4.78 is 10.5. The van der Waals surface area contributed by atoms with Crippen LogP contribution in [0.1, 0.15) is 31.2 Å². The summed E-state index contributed by atoms with van der Waals surface area (Å²) in [7, 11) is 0. The van der Waals surface area contributed by atoms with Crippen molar-refractivity contribution in [1.29, 1.82) is 0 Å². The topological polar surface area (TPSA) is 67.8 Å². The summed E-state index contributed by atoms with van der Waals surface area (Å²) in [6.07, 6.45) is 6.77. The lowest BCUT2D eigenvalue weighted by Crippen LogP contribution is -2.40. The van der Waals surface area contributed by atoms with Gasteiger partial charge in [0.25, 0.3) is 0 Å². The van der Waals surface area contributed by atoms with E-state index in [2.05, 4.69) is 5.32 Å². The number of hydrogen-bond acceptors (Lipinski definition) is 4. The Morgan fingerprint density at radius 3 is 2.86 bits per heavy atom. The van der Waals surface area contributed by atoms with Gasteiger partial charge in [0.1, 0.15) is 0 Å². The molecule has 21 heavy (non-hydrogen) atoms. The molecule has 0 spiro atoms. The lowest BCUT2D eigenvalue weighted by Gasteiger charge is -2.21. The van der Waals surface area contributed by atoms with Crippen LogP contribution in [0.25, 0.3) is 6.08 Å². The average molecular weight is 289 g/mol. The first-order valence-electron chi connectivity index (χ1n) is 7.23. The molecular weight excluding hydrogens is 270 g/mol. The summed E-state index contributed by atoms with van der Waals surface area (Å²) in [5.74, 6) is 1.21. The van der Waals surface area contributed by atoms with Gasteiger partial charge in [0.15, 0.2) is 11.5 Å². The highest BCUT2D eigenvalue weighted by Crippen LogP contribution is 2.32. The normalized spacial score (nSPS) is 19.1. The predicted octanol–water partition coefficient (Wildman–Crippen LogP) is 1.85. The monoisotopic (exact) mass is 289 g/mol. The highest BCUT2D eigenvalue weighted by Gasteiger charge is 2.30. The summed E-state index contributed by atoms with van der Waals surface area (Å²) in [4.78, 5) is 11.8. The number of hydrogen-bond donors (Lipinski definition) is 2. The molecule has 0 bridgehead atoms. The minimum atomic E-state index is -0.720. The largest absolute Gasteiger partial charge is 0.454 e. The second kappa shape index (κ2) is 5.77. The van der Waals surface area contributed by atoms with Crippen LogP contribution in [0.4, 0.5) is 0 Å². The highest BCUT2D eigenvalue weighted by molar-refractivity contribution is 5.91. The number of benzene rings is 1. The fourth-order valence-corrected chi connectivity index (χ4v) is 2.71. The molecule has 3 rings (SSSR count). The van der Waals surface area contributed by atoms with Crippen molar-refractivity contribution in [2.75, 3.05) is 13.3 Å². The van der Waals surface area contributed by atoms with Gasteiger partial charge in [-0.2, -0.15) is 0 Å². The molecule has 2 aliphatic rings. The summed E-state index contributed by atoms with van der Waals surface area (Å²) in [6, 6.07) is 5.51. The maximum Gasteiger partial charge on any atom is 0.244 e. The van der Waals surface area contributed by atoms with E-state index < -0.39 is 5.60 Å². The van der Waals surface area contributed by atoms with Gasteiger partial charge in [-0.3, -0.25) is 4.79 Å². The van der Waals surface area contributed by atoms with E-state index in [1.807, 2.05) is 18.2 Å². The zero-order valence-electron chi connectivity index (χ0n) is 11.8. The smallest absolute Gasteiger partial charge is 0.244 e. The van der Waals surface area contributed by atoms with Gasteiger partial charge in [-0.05, 0) is 36.6 Å². The number of ether oxygens (including phenoxy) is 2. The van der Waals surface area contributed by atoms with E-state index in [0.29, 0.717) is 12.3 Å². The molecule has 0 radical (unpaired) electrons. The molecule has 5 nitrogen and oxygen atoms in total. The lowest BCUT2D eigenvalue weighted by atomic mass is 10.0. The molecule has 112 valence electrons. The summed E-state index contributed by atoms with van der Waals surface area (Å²) in [5, 5.41) is 12.9. The number of aliphatic hydroxyl groups is 1. The molecule has 1 saturated carbocycles. The third kappa shape index (κ3) is 3.36. The second-order valence-corrected chi connectivity index (χ2v) is 5.60. The van der Waals surface area contributed by atoms with E-state index in [1.165, 1.54) is 6.08 Å². The highest BCUT2D eigenvalue weighted by atomic mass is 16.7. The van der Waals surface area contributed by atoms with Crippen molar-refractivity contribution in [3.63, 3.8) is 0 Å². The molecule has 1 aliphatic carbocycles. The van der Waals surface area contributed by atoms with Crippen molar-refractivity contribution in [3.05, 3.63) is 29.8 Å². The van der Waals surface area contributed by atoms with Crippen molar-refractivity contribution in [1.82, 2.24) is 5.32 Å². The van der Waals surface area contributed by atoms with Crippen molar-refractivity contribution >= 4 is 12.0 Å². The van der Waals surface area contributed by atoms with Crippen LogP contribution in [0.5, 0.6) is 11.5 Å². The van der Waals surface area contributed by atoms with Crippen molar-refractivity contribution in [3.8, 4) is 11.5 Å². The first-order chi connectivity index (χ1) is 10.1. The number of rotatable bonds is 4. The van der Waals surface area contributed by atoms with Gasteiger partial charge in [0.05, 0.1) is 5.60 Å². The Morgan fingerprint density at radius 1 is 1.29 bits per heavy atom. The molecule has 1 fully saturated rings. The summed E-state index contributed by atoms with van der Waals surface area (Å²) in [5.41, 5.74) is 0.149. The van der Waals surface area contributed by atoms with Gasteiger partial charge in [0.2, 0.25) is 12.7 Å². The third-order valence-corrected chi connectivity index (χ3v) is 3.95. The Morgan fingerprint density at radius 2 is 2.05 bits per heavy atom. The Balaban J connectivity index is 1.54. The van der Waals surface area contributed by atoms with Crippen molar-refractivity contribution in [2.45, 2.75) is 31.3 Å². The van der Waals surface area contributed by atoms with Crippen molar-refractivity contribution < 1.29 is 19.4 Å². The first-order valence-corrected chi connectivity index (χ1v) is 7.23. The van der Waals surface area contributed by atoms with Crippen LogP contribution in [0.15, 0.2) is 24.3 Å². The van der Waals surface area contributed by atoms with Gasteiger partial charge < -0.3 is 19.9 Å². The Bertz CT molecular complexity index is 561. The molecule has 2 N–H and O–H groups in total. The van der Waals surface area contributed by atoms with E-state index in [4.69, 9.17) is 9.47 Å². The maximum absolute atomic E-state index is 11.8. The standard InChI is InChI=1S/C16H19NO4/c18-15(17-10-16(19)7-1-2-8-16)6-4-12-3-5-13-14(9-12)21-11-20-13/h3-6,9,19H,1-2,7-8,10-11H2,(H,17,18)/b6-4+. The Kier molecular flexibility index (Phi) is 3.84. The summed E-state index contributed by atoms with van der Waals surface area (Å²) in [6.45, 7) is 0.554. The molecule has 0 saturated heterocycles. The molecule has 0 unspecified atom stereocenters. The maximum atomic E-state index is 11.8. The van der Waals surface area contributed by atoms with Crippen LogP contribution in [0, 0.1) is 0 Å². The minimum Gasteiger partial charge on any atom is -0.454 e. The SMILES string of the molecule is O=C(/C=C/c1ccc2c(c1)OCO2)NCC1(O)CCCC1. The fraction of sp³-hybridized carbons (Fsp3) is 0.438. The number of carbonyl (C=O) groups excluding carboxylic acids is 1. The summed E-state index contributed by atoms with van der Waals surface area (Å²) >= 11 is 0. The van der Waals surface area contributed by atoms with E-state index >= 15 is 0 Å². The Hall–Kier alpha value is -2.01. The molecule has 0 aromatic heterocycles. The predicted molar refractivity (Wildman–Crippen MR) is 78.0 cm³/mol. The molecule has 1 aromatic rings. The second-order valence-electron chi connectivity index (χ2n) is 5.60. The van der Waals surface area contributed by atoms with Crippen LogP contribution < -0.4 is 14.8 Å². The molecule has 1 aromatic carbocycles. The first kappa shape index (κ1) is 13.9. The molecule has 0 atom stereocenters. The zero-order valence-corrected chi connectivity index (χ0v) is 11.8. The minimum absolute atomic E-state index is 0.201. The van der Waals surface area contributed by atoms with Crippen LogP contribution in [-0.4, -0.2) is 30.0 Å².